The Morgan fingerprint density at radius 1 is 0.714 bits per heavy atom. The Balaban J connectivity index is 1.16. The summed E-state index contributed by atoms with van der Waals surface area (Å²) in [5, 5.41) is 2.34. The van der Waals surface area contributed by atoms with Crippen LogP contribution >= 0.6 is 0 Å². The molecule has 1 aliphatic heterocycles. The van der Waals surface area contributed by atoms with Crippen LogP contribution in [0.1, 0.15) is 57.2 Å². The lowest BCUT2D eigenvalue weighted by atomic mass is 9.88. The van der Waals surface area contributed by atoms with Gasteiger partial charge in [0.05, 0.1) is 28.6 Å². The maximum absolute atomic E-state index is 6.61. The number of aromatic nitrogens is 4. The Morgan fingerprint density at radius 2 is 1.53 bits per heavy atom. The van der Waals surface area contributed by atoms with Crippen molar-refractivity contribution in [2.45, 2.75) is 52.9 Å². The van der Waals surface area contributed by atoms with Crippen molar-refractivity contribution in [3.63, 3.8) is 0 Å². The summed E-state index contributed by atoms with van der Waals surface area (Å²) in [6, 6.07) is 31.7. The van der Waals surface area contributed by atoms with E-state index < -0.39 is 0 Å². The Labute approximate surface area is 287 Å². The molecule has 5 heterocycles. The molecule has 0 atom stereocenters. The summed E-state index contributed by atoms with van der Waals surface area (Å²) < 4.78 is 8.86. The molecule has 0 saturated heterocycles. The zero-order valence-electron chi connectivity index (χ0n) is 28.8. The van der Waals surface area contributed by atoms with E-state index in [1.807, 2.05) is 36.9 Å². The number of anilines is 4. The third kappa shape index (κ3) is 5.45. The molecule has 4 aromatic heterocycles. The van der Waals surface area contributed by atoms with Gasteiger partial charge in [-0.25, -0.2) is 9.97 Å². The van der Waals surface area contributed by atoms with Crippen molar-refractivity contribution >= 4 is 44.7 Å². The van der Waals surface area contributed by atoms with Gasteiger partial charge < -0.3 is 14.5 Å². The average molecular weight is 645 g/mol. The van der Waals surface area contributed by atoms with E-state index >= 15 is 0 Å². The number of fused-ring (bicyclic) bond motifs is 4. The first-order chi connectivity index (χ1) is 23.7. The van der Waals surface area contributed by atoms with Crippen LogP contribution in [0, 0.1) is 6.92 Å². The van der Waals surface area contributed by atoms with Crippen molar-refractivity contribution in [1.82, 2.24) is 19.5 Å². The first kappa shape index (κ1) is 30.6. The molecule has 0 aliphatic carbocycles. The second-order valence-corrected chi connectivity index (χ2v) is 14.2. The van der Waals surface area contributed by atoms with Gasteiger partial charge in [-0.05, 0) is 83.5 Å². The molecule has 0 fully saturated rings. The summed E-state index contributed by atoms with van der Waals surface area (Å²) in [6.45, 7) is 13.9. The lowest BCUT2D eigenvalue weighted by molar-refractivity contribution is 0.483. The van der Waals surface area contributed by atoms with E-state index in [2.05, 4.69) is 140 Å². The molecular weight excluding hydrogens is 605 g/mol. The van der Waals surface area contributed by atoms with Crippen molar-refractivity contribution in [3.05, 3.63) is 132 Å². The molecule has 3 aromatic carbocycles. The Morgan fingerprint density at radius 3 is 2.37 bits per heavy atom. The van der Waals surface area contributed by atoms with Gasteiger partial charge in [0, 0.05) is 47.2 Å². The van der Waals surface area contributed by atoms with E-state index in [0.717, 1.165) is 62.2 Å². The predicted octanol–water partition coefficient (Wildman–Crippen LogP) is 10.7. The minimum Gasteiger partial charge on any atom is -0.457 e. The minimum absolute atomic E-state index is 0.00600. The summed E-state index contributed by atoms with van der Waals surface area (Å²) in [5.74, 6) is 3.73. The van der Waals surface area contributed by atoms with E-state index in [-0.39, 0.29) is 5.41 Å². The van der Waals surface area contributed by atoms with Crippen LogP contribution in [0.15, 0.2) is 116 Å². The SMILES string of the molecule is Cc1cnc(N2CN(c3cccc(Oc4ccc5c6ccccc6n(-c6cc(C(C)(C)C)ccn6)c5c4)c3)c3cnccc32)c(C(C)C)c1. The maximum Gasteiger partial charge on any atom is 0.137 e. The van der Waals surface area contributed by atoms with Crippen molar-refractivity contribution in [3.8, 4) is 17.3 Å². The molecule has 0 N–H and O–H groups in total. The fraction of sp³-hybridized carbons (Fsp3) is 0.214. The van der Waals surface area contributed by atoms with Gasteiger partial charge in [-0.2, -0.15) is 0 Å². The number of aryl methyl sites for hydroxylation is 1. The first-order valence-corrected chi connectivity index (χ1v) is 16.9. The van der Waals surface area contributed by atoms with Crippen LogP contribution in [0.2, 0.25) is 0 Å². The van der Waals surface area contributed by atoms with Crippen LogP contribution in [0.3, 0.4) is 0 Å². The lowest BCUT2D eigenvalue weighted by Crippen LogP contribution is -2.25. The van der Waals surface area contributed by atoms with Crippen molar-refractivity contribution in [2.24, 2.45) is 0 Å². The van der Waals surface area contributed by atoms with Crippen LogP contribution in [0.5, 0.6) is 11.5 Å². The second kappa shape index (κ2) is 11.8. The normalized spacial score (nSPS) is 13.1. The van der Waals surface area contributed by atoms with Crippen molar-refractivity contribution in [1.29, 1.82) is 0 Å². The number of ether oxygens (including phenoxy) is 1. The number of benzene rings is 3. The lowest BCUT2D eigenvalue weighted by Gasteiger charge is -2.24. The molecule has 0 radical (unpaired) electrons. The number of para-hydroxylation sites is 1. The highest BCUT2D eigenvalue weighted by Crippen LogP contribution is 2.45. The zero-order valence-corrected chi connectivity index (χ0v) is 28.8. The van der Waals surface area contributed by atoms with Crippen molar-refractivity contribution < 1.29 is 4.74 Å². The number of pyridine rings is 3. The van der Waals surface area contributed by atoms with Crippen LogP contribution in [-0.4, -0.2) is 26.2 Å². The molecule has 7 heteroatoms. The summed E-state index contributed by atoms with van der Waals surface area (Å²) in [6.07, 6.45) is 7.64. The highest BCUT2D eigenvalue weighted by atomic mass is 16.5. The monoisotopic (exact) mass is 644 g/mol. The average Bonchev–Trinajstić information content (AvgIpc) is 3.64. The number of hydrogen-bond donors (Lipinski definition) is 0. The first-order valence-electron chi connectivity index (χ1n) is 16.9. The third-order valence-electron chi connectivity index (χ3n) is 9.40. The maximum atomic E-state index is 6.61. The van der Waals surface area contributed by atoms with Crippen molar-refractivity contribution in [2.75, 3.05) is 16.5 Å². The van der Waals surface area contributed by atoms with Crippen LogP contribution in [0.25, 0.3) is 27.6 Å². The largest absolute Gasteiger partial charge is 0.457 e. The van der Waals surface area contributed by atoms with Gasteiger partial charge in [0.25, 0.3) is 0 Å². The van der Waals surface area contributed by atoms with Crippen LogP contribution in [0.4, 0.5) is 22.9 Å². The van der Waals surface area contributed by atoms with Gasteiger partial charge in [0.15, 0.2) is 0 Å². The minimum atomic E-state index is 0.00600. The highest BCUT2D eigenvalue weighted by Gasteiger charge is 2.31. The van der Waals surface area contributed by atoms with E-state index in [4.69, 9.17) is 14.7 Å². The fourth-order valence-corrected chi connectivity index (χ4v) is 6.86. The summed E-state index contributed by atoms with van der Waals surface area (Å²) in [5.41, 5.74) is 8.95. The molecular formula is C42H40N6O. The van der Waals surface area contributed by atoms with E-state index in [1.54, 1.807) is 0 Å². The second-order valence-electron chi connectivity index (χ2n) is 14.2. The molecule has 1 aliphatic rings. The third-order valence-corrected chi connectivity index (χ3v) is 9.40. The molecule has 0 spiro atoms. The topological polar surface area (TPSA) is 59.3 Å². The fourth-order valence-electron chi connectivity index (χ4n) is 6.86. The van der Waals surface area contributed by atoms with Gasteiger partial charge in [0.2, 0.25) is 0 Å². The smallest absolute Gasteiger partial charge is 0.137 e. The van der Waals surface area contributed by atoms with Gasteiger partial charge in [-0.1, -0.05) is 65.0 Å². The standard InChI is InChI=1S/C42H40N6O/c1-27(2)35-20-28(3)24-45-41(35)47-26-46(39-25-43-18-17-37(39)47)30-10-9-11-31(22-30)49-32-14-15-34-33-12-7-8-13-36(33)48(38(34)23-32)40-21-29(16-19-44-40)42(4,5)6/h7-25,27H,26H2,1-6H3. The predicted molar refractivity (Wildman–Crippen MR) is 200 cm³/mol. The molecule has 0 bridgehead atoms. The Kier molecular flexibility index (Phi) is 7.36. The van der Waals surface area contributed by atoms with Gasteiger partial charge in [-0.15, -0.1) is 0 Å². The molecule has 0 unspecified atom stereocenters. The zero-order chi connectivity index (χ0) is 33.9. The van der Waals surface area contributed by atoms with Gasteiger partial charge in [-0.3, -0.25) is 9.55 Å². The summed E-state index contributed by atoms with van der Waals surface area (Å²) in [4.78, 5) is 18.8. The molecule has 49 heavy (non-hydrogen) atoms. The molecule has 0 amide bonds. The quantitative estimate of drug-likeness (QED) is 0.180. The van der Waals surface area contributed by atoms with Gasteiger partial charge in [0.1, 0.15) is 29.8 Å². The highest BCUT2D eigenvalue weighted by molar-refractivity contribution is 6.09. The summed E-state index contributed by atoms with van der Waals surface area (Å²) >= 11 is 0. The van der Waals surface area contributed by atoms with E-state index in [0.29, 0.717) is 12.6 Å². The molecule has 0 saturated carbocycles. The number of hydrogen-bond acceptors (Lipinski definition) is 6. The molecule has 7 aromatic rings. The summed E-state index contributed by atoms with van der Waals surface area (Å²) in [7, 11) is 0. The number of rotatable bonds is 6. The van der Waals surface area contributed by atoms with Crippen LogP contribution in [-0.2, 0) is 5.41 Å². The number of nitrogens with zero attached hydrogens (tertiary/aromatic N) is 6. The Hall–Kier alpha value is -5.69. The van der Waals surface area contributed by atoms with Crippen LogP contribution < -0.4 is 14.5 Å². The molecule has 244 valence electrons. The van der Waals surface area contributed by atoms with E-state index in [9.17, 15) is 0 Å². The Bertz CT molecular complexity index is 2350. The molecule has 7 nitrogen and oxygen atoms in total. The molecule has 8 rings (SSSR count). The van der Waals surface area contributed by atoms with E-state index in [1.165, 1.54) is 16.5 Å². The van der Waals surface area contributed by atoms with Gasteiger partial charge >= 0.3 is 0 Å².